The van der Waals surface area contributed by atoms with Gasteiger partial charge in [0.25, 0.3) is 5.91 Å². The second-order valence-electron chi connectivity index (χ2n) is 12.9. The second kappa shape index (κ2) is 10.1. The Labute approximate surface area is 260 Å². The molecular formula is C33H31F4N5O4. The van der Waals surface area contributed by atoms with Crippen molar-refractivity contribution in [2.75, 3.05) is 13.2 Å². The summed E-state index contributed by atoms with van der Waals surface area (Å²) in [5.74, 6) is -1.08. The maximum absolute atomic E-state index is 14.3. The summed E-state index contributed by atoms with van der Waals surface area (Å²) in [6.07, 6.45) is 2.17. The van der Waals surface area contributed by atoms with Gasteiger partial charge in [-0.1, -0.05) is 0 Å². The number of rotatable bonds is 9. The van der Waals surface area contributed by atoms with Crippen LogP contribution in [0, 0.1) is 11.7 Å². The Bertz CT molecular complexity index is 1870. The van der Waals surface area contributed by atoms with Gasteiger partial charge in [-0.15, -0.1) is 0 Å². The van der Waals surface area contributed by atoms with Crippen LogP contribution in [0.1, 0.15) is 66.2 Å². The van der Waals surface area contributed by atoms with E-state index in [-0.39, 0.29) is 46.8 Å². The van der Waals surface area contributed by atoms with Gasteiger partial charge >= 0.3 is 6.18 Å². The Balaban J connectivity index is 1.15. The maximum atomic E-state index is 14.3. The number of fused-ring (bicyclic) bond motifs is 2. The van der Waals surface area contributed by atoms with Crippen molar-refractivity contribution in [3.63, 3.8) is 0 Å². The van der Waals surface area contributed by atoms with Crippen LogP contribution in [0.5, 0.6) is 11.5 Å². The normalized spacial score (nSPS) is 22.3. The van der Waals surface area contributed by atoms with E-state index in [1.54, 1.807) is 12.1 Å². The molecule has 0 saturated heterocycles. The summed E-state index contributed by atoms with van der Waals surface area (Å²) < 4.78 is 70.2. The lowest BCUT2D eigenvalue weighted by Crippen LogP contribution is -2.52. The number of ether oxygens (including phenoxy) is 2. The molecule has 2 atom stereocenters. The molecule has 1 amide bonds. The predicted octanol–water partition coefficient (Wildman–Crippen LogP) is 5.25. The zero-order chi connectivity index (χ0) is 32.0. The summed E-state index contributed by atoms with van der Waals surface area (Å²) in [5, 5.41) is 20.4. The van der Waals surface area contributed by atoms with E-state index in [4.69, 9.17) is 20.3 Å². The number of aromatic nitrogens is 3. The van der Waals surface area contributed by atoms with Crippen molar-refractivity contribution in [1.29, 1.82) is 0 Å². The molecule has 3 aliphatic carbocycles. The van der Waals surface area contributed by atoms with Crippen LogP contribution < -0.4 is 20.5 Å². The van der Waals surface area contributed by atoms with Gasteiger partial charge in [0, 0.05) is 28.3 Å². The maximum Gasteiger partial charge on any atom is 0.414 e. The third kappa shape index (κ3) is 4.96. The highest BCUT2D eigenvalue weighted by atomic mass is 19.4. The Morgan fingerprint density at radius 3 is 2.50 bits per heavy atom. The Morgan fingerprint density at radius 1 is 1.11 bits per heavy atom. The number of carbonyl (C=O) groups excluding carboxylic acids is 1. The second-order valence-corrected chi connectivity index (χ2v) is 12.9. The highest BCUT2D eigenvalue weighted by molar-refractivity contribution is 6.00. The van der Waals surface area contributed by atoms with Crippen LogP contribution in [0.2, 0.25) is 0 Å². The molecule has 3 saturated carbocycles. The minimum atomic E-state index is -4.88. The molecule has 0 radical (unpaired) electrons. The number of nitrogens with one attached hydrogen (secondary N) is 1. The zero-order valence-corrected chi connectivity index (χ0v) is 24.6. The molecule has 1 aliphatic heterocycles. The van der Waals surface area contributed by atoms with E-state index in [1.165, 1.54) is 12.1 Å². The third-order valence-electron chi connectivity index (χ3n) is 9.33. The van der Waals surface area contributed by atoms with Crippen LogP contribution in [0.4, 0.5) is 17.6 Å². The molecule has 240 valence electrons. The first kappa shape index (κ1) is 29.2. The average molecular weight is 638 g/mol. The predicted molar refractivity (Wildman–Crippen MR) is 158 cm³/mol. The van der Waals surface area contributed by atoms with Crippen LogP contribution in [-0.4, -0.2) is 51.2 Å². The first-order chi connectivity index (χ1) is 21.9. The highest BCUT2D eigenvalue weighted by Gasteiger charge is 2.59. The quantitative estimate of drug-likeness (QED) is 0.214. The minimum absolute atomic E-state index is 0.00512. The Hall–Kier alpha value is -4.23. The molecule has 2 aromatic carbocycles. The molecule has 9 nitrogen and oxygen atoms in total. The lowest BCUT2D eigenvalue weighted by Gasteiger charge is -2.31. The molecule has 4 aromatic rings. The van der Waals surface area contributed by atoms with E-state index in [1.807, 2.05) is 10.9 Å². The number of pyridine rings is 1. The number of nitrogens with two attached hydrogens (primary N) is 1. The Kier molecular flexibility index (Phi) is 6.43. The first-order valence-electron chi connectivity index (χ1n) is 15.4. The molecule has 0 bridgehead atoms. The lowest BCUT2D eigenvalue weighted by atomic mass is 9.86. The summed E-state index contributed by atoms with van der Waals surface area (Å²) in [6, 6.07) is 9.88. The van der Waals surface area contributed by atoms with Crippen molar-refractivity contribution in [3.05, 3.63) is 71.3 Å². The summed E-state index contributed by atoms with van der Waals surface area (Å²) in [7, 11) is 0. The number of alkyl halides is 3. The Morgan fingerprint density at radius 2 is 1.85 bits per heavy atom. The fraction of sp³-hybridized carbons (Fsp3) is 0.424. The summed E-state index contributed by atoms with van der Waals surface area (Å²) in [6.45, 7) is -1.21. The van der Waals surface area contributed by atoms with Crippen molar-refractivity contribution >= 4 is 16.8 Å². The van der Waals surface area contributed by atoms with Crippen molar-refractivity contribution in [1.82, 2.24) is 20.1 Å². The molecule has 4 aliphatic rings. The topological polar surface area (TPSA) is 125 Å². The van der Waals surface area contributed by atoms with Gasteiger partial charge in [0.1, 0.15) is 35.0 Å². The number of hydrogen-bond donors (Lipinski definition) is 3. The standard InChI is InChI=1S/C33H31F4N5O4/c34-21-5-1-17(2-6-21)28-29-24(32(38,16-45-29)33(35,36)37)13-26(40-28)31(44,20-3-4-20)15-39-30(43)18-11-19-14-42(22-7-8-22)41-27(19)25(12-18)46-23-9-10-23/h1-2,5-6,11-14,20,22-23,44H,3-4,7-10,15-16,38H2,(H,39,43)/t31?,32-/m0/s1. The van der Waals surface area contributed by atoms with Crippen LogP contribution in [0.15, 0.2) is 48.7 Å². The smallest absolute Gasteiger partial charge is 0.414 e. The van der Waals surface area contributed by atoms with Gasteiger partial charge in [-0.2, -0.15) is 18.3 Å². The summed E-state index contributed by atoms with van der Waals surface area (Å²) >= 11 is 0. The largest absolute Gasteiger partial charge is 0.488 e. The molecule has 3 fully saturated rings. The first-order valence-corrected chi connectivity index (χ1v) is 15.4. The van der Waals surface area contributed by atoms with Gasteiger partial charge in [0.15, 0.2) is 11.3 Å². The molecule has 2 aromatic heterocycles. The molecule has 13 heteroatoms. The van der Waals surface area contributed by atoms with E-state index in [0.29, 0.717) is 35.7 Å². The fourth-order valence-electron chi connectivity index (χ4n) is 6.09. The molecule has 3 heterocycles. The SMILES string of the molecule is N[C@@]1(C(F)(F)F)COc2c1cc(C(O)(CNC(=O)c1cc(OC3CC3)c3nn(C4CC4)cc3c1)C1CC1)nc2-c1ccc(F)cc1. The fourth-order valence-corrected chi connectivity index (χ4v) is 6.09. The monoisotopic (exact) mass is 637 g/mol. The molecule has 0 spiro atoms. The van der Waals surface area contributed by atoms with Crippen LogP contribution in [0.3, 0.4) is 0 Å². The van der Waals surface area contributed by atoms with E-state index >= 15 is 0 Å². The molecular weight excluding hydrogens is 606 g/mol. The minimum Gasteiger partial charge on any atom is -0.488 e. The van der Waals surface area contributed by atoms with E-state index in [9.17, 15) is 27.5 Å². The number of nitrogens with zero attached hydrogens (tertiary/aromatic N) is 3. The van der Waals surface area contributed by atoms with Crippen LogP contribution in [0.25, 0.3) is 22.2 Å². The van der Waals surface area contributed by atoms with Crippen LogP contribution in [-0.2, 0) is 11.1 Å². The van der Waals surface area contributed by atoms with Crippen molar-refractivity contribution in [2.45, 2.75) is 68.0 Å². The van der Waals surface area contributed by atoms with Gasteiger partial charge < -0.3 is 25.6 Å². The average Bonchev–Trinajstić information content (AvgIpc) is 3.91. The lowest BCUT2D eigenvalue weighted by molar-refractivity contribution is -0.191. The van der Waals surface area contributed by atoms with Crippen LogP contribution >= 0.6 is 0 Å². The number of amides is 1. The van der Waals surface area contributed by atoms with E-state index in [0.717, 1.165) is 49.3 Å². The van der Waals surface area contributed by atoms with Gasteiger partial charge in [-0.05, 0) is 86.9 Å². The molecule has 4 N–H and O–H groups in total. The molecule has 1 unspecified atom stereocenters. The third-order valence-corrected chi connectivity index (χ3v) is 9.33. The molecule has 8 rings (SSSR count). The zero-order valence-electron chi connectivity index (χ0n) is 24.6. The summed E-state index contributed by atoms with van der Waals surface area (Å²) in [5.41, 5.74) is 2.04. The number of carbonyl (C=O) groups is 1. The number of benzene rings is 2. The molecule has 46 heavy (non-hydrogen) atoms. The van der Waals surface area contributed by atoms with Gasteiger partial charge in [-0.25, -0.2) is 9.37 Å². The van der Waals surface area contributed by atoms with Crippen molar-refractivity contribution < 1.29 is 36.9 Å². The highest BCUT2D eigenvalue weighted by Crippen LogP contribution is 2.52. The van der Waals surface area contributed by atoms with Crippen molar-refractivity contribution in [2.24, 2.45) is 11.7 Å². The van der Waals surface area contributed by atoms with Gasteiger partial charge in [-0.3, -0.25) is 9.48 Å². The number of aliphatic hydroxyl groups is 1. The van der Waals surface area contributed by atoms with E-state index in [2.05, 4.69) is 10.3 Å². The number of halogens is 4. The van der Waals surface area contributed by atoms with Gasteiger partial charge in [0.2, 0.25) is 0 Å². The number of hydrogen-bond acceptors (Lipinski definition) is 7. The summed E-state index contributed by atoms with van der Waals surface area (Å²) in [4.78, 5) is 18.2. The van der Waals surface area contributed by atoms with Crippen molar-refractivity contribution in [3.8, 4) is 22.8 Å². The van der Waals surface area contributed by atoms with E-state index < -0.39 is 35.6 Å². The van der Waals surface area contributed by atoms with Gasteiger partial charge in [0.05, 0.1) is 24.4 Å².